The number of ether oxygens (including phenoxy) is 1. The maximum absolute atomic E-state index is 9.00. The maximum atomic E-state index is 9.00. The molecule has 2 aromatic heterocycles. The van der Waals surface area contributed by atoms with Gasteiger partial charge in [-0.05, 0) is 25.8 Å². The molecule has 3 heterocycles. The van der Waals surface area contributed by atoms with Gasteiger partial charge in [0.1, 0.15) is 16.5 Å². The molecule has 1 saturated heterocycles. The summed E-state index contributed by atoms with van der Waals surface area (Å²) in [5.41, 5.74) is 1.24. The largest absolute Gasteiger partial charge is 0.396 e. The van der Waals surface area contributed by atoms with Crippen LogP contribution >= 0.6 is 11.3 Å². The standard InChI is InChI=1S/C16H24N4O2S/c1-11-12(2)23-16-14(11)15(17-4-3-7-21)18-13(19-16)10-20-5-8-22-9-6-20/h21H,3-10H2,1-2H3,(H,17,18,19). The number of aliphatic hydroxyl groups is 1. The average molecular weight is 336 g/mol. The van der Waals surface area contributed by atoms with Gasteiger partial charge in [-0.1, -0.05) is 0 Å². The minimum absolute atomic E-state index is 0.184. The molecule has 1 aliphatic rings. The molecule has 3 rings (SSSR count). The topological polar surface area (TPSA) is 70.5 Å². The minimum Gasteiger partial charge on any atom is -0.396 e. The first-order valence-electron chi connectivity index (χ1n) is 8.10. The lowest BCUT2D eigenvalue weighted by Crippen LogP contribution is -2.36. The van der Waals surface area contributed by atoms with E-state index in [0.717, 1.165) is 54.7 Å². The number of anilines is 1. The zero-order valence-electron chi connectivity index (χ0n) is 13.8. The second-order valence-electron chi connectivity index (χ2n) is 5.84. The van der Waals surface area contributed by atoms with E-state index < -0.39 is 0 Å². The Hall–Kier alpha value is -1.28. The normalized spacial score (nSPS) is 16.1. The quantitative estimate of drug-likeness (QED) is 0.786. The van der Waals surface area contributed by atoms with Crippen molar-refractivity contribution in [1.82, 2.24) is 14.9 Å². The van der Waals surface area contributed by atoms with Crippen LogP contribution in [0.3, 0.4) is 0 Å². The van der Waals surface area contributed by atoms with E-state index in [2.05, 4.69) is 24.1 Å². The Balaban J connectivity index is 1.89. The predicted molar refractivity (Wildman–Crippen MR) is 93.2 cm³/mol. The number of rotatable bonds is 6. The molecule has 7 heteroatoms. The first-order chi connectivity index (χ1) is 11.2. The van der Waals surface area contributed by atoms with Gasteiger partial charge in [0.25, 0.3) is 0 Å². The fourth-order valence-electron chi connectivity index (χ4n) is 2.74. The van der Waals surface area contributed by atoms with Crippen molar-refractivity contribution in [2.45, 2.75) is 26.8 Å². The molecular formula is C16H24N4O2S. The van der Waals surface area contributed by atoms with E-state index >= 15 is 0 Å². The first-order valence-corrected chi connectivity index (χ1v) is 8.92. The average Bonchev–Trinajstić information content (AvgIpc) is 2.83. The monoisotopic (exact) mass is 336 g/mol. The number of thiophene rings is 1. The van der Waals surface area contributed by atoms with Gasteiger partial charge >= 0.3 is 0 Å². The van der Waals surface area contributed by atoms with E-state index in [1.54, 1.807) is 11.3 Å². The van der Waals surface area contributed by atoms with Crippen LogP contribution in [0, 0.1) is 13.8 Å². The number of aliphatic hydroxyl groups excluding tert-OH is 1. The highest BCUT2D eigenvalue weighted by atomic mass is 32.1. The molecule has 1 aliphatic heterocycles. The molecule has 1 fully saturated rings. The minimum atomic E-state index is 0.184. The summed E-state index contributed by atoms with van der Waals surface area (Å²) in [6.45, 7) is 9.31. The Morgan fingerprint density at radius 1 is 1.26 bits per heavy atom. The van der Waals surface area contributed by atoms with Crippen molar-refractivity contribution in [2.24, 2.45) is 0 Å². The molecule has 126 valence electrons. The number of hydrogen-bond acceptors (Lipinski definition) is 7. The Bertz CT molecular complexity index is 668. The van der Waals surface area contributed by atoms with Gasteiger partial charge in [0.05, 0.1) is 25.1 Å². The maximum Gasteiger partial charge on any atom is 0.146 e. The number of morpholine rings is 1. The van der Waals surface area contributed by atoms with Crippen LogP contribution in [-0.4, -0.2) is 59.4 Å². The van der Waals surface area contributed by atoms with Crippen LogP contribution in [0.15, 0.2) is 0 Å². The third kappa shape index (κ3) is 3.80. The number of fused-ring (bicyclic) bond motifs is 1. The SMILES string of the molecule is Cc1sc2nc(CN3CCOCC3)nc(NCCCO)c2c1C. The summed E-state index contributed by atoms with van der Waals surface area (Å²) in [5, 5.41) is 13.5. The van der Waals surface area contributed by atoms with E-state index in [1.807, 2.05) is 0 Å². The molecule has 23 heavy (non-hydrogen) atoms. The van der Waals surface area contributed by atoms with Crippen molar-refractivity contribution < 1.29 is 9.84 Å². The van der Waals surface area contributed by atoms with Crippen LogP contribution in [0.1, 0.15) is 22.7 Å². The number of aromatic nitrogens is 2. The molecular weight excluding hydrogens is 312 g/mol. The molecule has 2 aromatic rings. The molecule has 0 unspecified atom stereocenters. The third-order valence-corrected chi connectivity index (χ3v) is 5.27. The fraction of sp³-hybridized carbons (Fsp3) is 0.625. The Morgan fingerprint density at radius 3 is 2.78 bits per heavy atom. The summed E-state index contributed by atoms with van der Waals surface area (Å²) >= 11 is 1.72. The van der Waals surface area contributed by atoms with Crippen molar-refractivity contribution in [3.05, 3.63) is 16.3 Å². The molecule has 0 atom stereocenters. The zero-order chi connectivity index (χ0) is 16.2. The van der Waals surface area contributed by atoms with Crippen molar-refractivity contribution in [2.75, 3.05) is 44.8 Å². The van der Waals surface area contributed by atoms with Gasteiger partial charge in [-0.15, -0.1) is 11.3 Å². The van der Waals surface area contributed by atoms with Crippen LogP contribution in [-0.2, 0) is 11.3 Å². The summed E-state index contributed by atoms with van der Waals surface area (Å²) in [5.74, 6) is 1.75. The summed E-state index contributed by atoms with van der Waals surface area (Å²) in [7, 11) is 0. The van der Waals surface area contributed by atoms with Gasteiger partial charge in [-0.2, -0.15) is 0 Å². The molecule has 6 nitrogen and oxygen atoms in total. The van der Waals surface area contributed by atoms with Crippen molar-refractivity contribution >= 4 is 27.4 Å². The van der Waals surface area contributed by atoms with Crippen molar-refractivity contribution in [3.63, 3.8) is 0 Å². The number of hydrogen-bond donors (Lipinski definition) is 2. The van der Waals surface area contributed by atoms with Crippen LogP contribution in [0.2, 0.25) is 0 Å². The van der Waals surface area contributed by atoms with Gasteiger partial charge in [-0.3, -0.25) is 4.90 Å². The highest BCUT2D eigenvalue weighted by Gasteiger charge is 2.17. The molecule has 0 spiro atoms. The van der Waals surface area contributed by atoms with Gasteiger partial charge in [0.15, 0.2) is 0 Å². The van der Waals surface area contributed by atoms with Crippen LogP contribution in [0.25, 0.3) is 10.2 Å². The Labute approximate surface area is 140 Å². The van der Waals surface area contributed by atoms with Gasteiger partial charge in [0.2, 0.25) is 0 Å². The van der Waals surface area contributed by atoms with Crippen LogP contribution in [0.4, 0.5) is 5.82 Å². The van der Waals surface area contributed by atoms with Gasteiger partial charge in [-0.25, -0.2) is 9.97 Å². The molecule has 0 bridgehead atoms. The molecule has 0 radical (unpaired) electrons. The summed E-state index contributed by atoms with van der Waals surface area (Å²) in [4.78, 5) is 14.2. The molecule has 0 amide bonds. The van der Waals surface area contributed by atoms with Gasteiger partial charge in [0, 0.05) is 31.1 Å². The highest BCUT2D eigenvalue weighted by molar-refractivity contribution is 7.18. The summed E-state index contributed by atoms with van der Waals surface area (Å²) in [6.07, 6.45) is 0.715. The molecule has 0 saturated carbocycles. The van der Waals surface area contributed by atoms with E-state index in [-0.39, 0.29) is 6.61 Å². The van der Waals surface area contributed by atoms with Crippen molar-refractivity contribution in [3.8, 4) is 0 Å². The van der Waals surface area contributed by atoms with Crippen LogP contribution < -0.4 is 5.32 Å². The van der Waals surface area contributed by atoms with E-state index in [1.165, 1.54) is 10.4 Å². The predicted octanol–water partition coefficient (Wildman–Crippen LogP) is 1.93. The number of aryl methyl sites for hydroxylation is 2. The second-order valence-corrected chi connectivity index (χ2v) is 7.05. The summed E-state index contributed by atoms with van der Waals surface area (Å²) < 4.78 is 5.40. The van der Waals surface area contributed by atoms with Crippen LogP contribution in [0.5, 0.6) is 0 Å². The molecule has 0 aliphatic carbocycles. The van der Waals surface area contributed by atoms with Crippen molar-refractivity contribution in [1.29, 1.82) is 0 Å². The smallest absolute Gasteiger partial charge is 0.146 e. The summed E-state index contributed by atoms with van der Waals surface area (Å²) in [6, 6.07) is 0. The van der Waals surface area contributed by atoms with E-state index in [9.17, 15) is 0 Å². The first kappa shape index (κ1) is 16.6. The van der Waals surface area contributed by atoms with Gasteiger partial charge < -0.3 is 15.2 Å². The second kappa shape index (κ2) is 7.53. The Kier molecular flexibility index (Phi) is 5.42. The lowest BCUT2D eigenvalue weighted by molar-refractivity contribution is 0.0331. The molecule has 0 aromatic carbocycles. The number of nitrogens with zero attached hydrogens (tertiary/aromatic N) is 3. The molecule has 2 N–H and O–H groups in total. The number of nitrogens with one attached hydrogen (secondary N) is 1. The lowest BCUT2D eigenvalue weighted by atomic mass is 10.2. The van der Waals surface area contributed by atoms with E-state index in [0.29, 0.717) is 13.0 Å². The fourth-order valence-corrected chi connectivity index (χ4v) is 3.79. The lowest BCUT2D eigenvalue weighted by Gasteiger charge is -2.25. The van der Waals surface area contributed by atoms with E-state index in [4.69, 9.17) is 19.8 Å². The zero-order valence-corrected chi connectivity index (χ0v) is 14.6. The highest BCUT2D eigenvalue weighted by Crippen LogP contribution is 2.33. The third-order valence-electron chi connectivity index (χ3n) is 4.17. The Morgan fingerprint density at radius 2 is 2.04 bits per heavy atom.